The van der Waals surface area contributed by atoms with Gasteiger partial charge in [0, 0.05) is 12.4 Å². The molecule has 3 aromatic heterocycles. The molecule has 0 amide bonds. The number of nitrogens with zero attached hydrogens (tertiary/aromatic N) is 3. The zero-order chi connectivity index (χ0) is 20.8. The number of pyridine rings is 2. The maximum atomic E-state index is 12.5. The number of hydrogen-bond donors (Lipinski definition) is 0. The first-order valence-electron chi connectivity index (χ1n) is 9.36. The normalized spacial score (nSPS) is 10.6. The van der Waals surface area contributed by atoms with Crippen molar-refractivity contribution >= 4 is 17.3 Å². The van der Waals surface area contributed by atoms with E-state index in [1.807, 2.05) is 60.7 Å². The molecule has 3 heterocycles. The monoisotopic (exact) mass is 417 g/mol. The van der Waals surface area contributed by atoms with Crippen LogP contribution in [0.25, 0.3) is 10.7 Å². The molecule has 30 heavy (non-hydrogen) atoms. The highest BCUT2D eigenvalue weighted by Gasteiger charge is 2.18. The van der Waals surface area contributed by atoms with Crippen LogP contribution in [-0.2, 0) is 18.0 Å². The highest BCUT2D eigenvalue weighted by Crippen LogP contribution is 2.27. The molecule has 0 spiro atoms. The number of benzene rings is 1. The van der Waals surface area contributed by atoms with E-state index in [0.717, 1.165) is 22.7 Å². The van der Waals surface area contributed by atoms with Crippen LogP contribution in [0.15, 0.2) is 73.1 Å². The lowest BCUT2D eigenvalue weighted by molar-refractivity contribution is 0.0477. The molecule has 0 saturated heterocycles. The van der Waals surface area contributed by atoms with Crippen LogP contribution in [-0.4, -0.2) is 20.9 Å². The second-order valence-corrected chi connectivity index (χ2v) is 7.48. The molecule has 4 aromatic rings. The highest BCUT2D eigenvalue weighted by molar-refractivity contribution is 7.17. The van der Waals surface area contributed by atoms with Crippen molar-refractivity contribution in [1.82, 2.24) is 15.0 Å². The van der Waals surface area contributed by atoms with Crippen LogP contribution in [0, 0.1) is 6.92 Å². The summed E-state index contributed by atoms with van der Waals surface area (Å²) in [4.78, 5) is 26.0. The smallest absolute Gasteiger partial charge is 0.350 e. The number of ether oxygens (including phenoxy) is 2. The molecule has 7 heteroatoms. The number of carbonyl (C=O) groups is 1. The van der Waals surface area contributed by atoms with Gasteiger partial charge in [-0.15, -0.1) is 11.3 Å². The molecule has 0 aliphatic carbocycles. The van der Waals surface area contributed by atoms with Gasteiger partial charge in [-0.05, 0) is 48.9 Å². The van der Waals surface area contributed by atoms with E-state index in [1.54, 1.807) is 19.3 Å². The average Bonchev–Trinajstić information content (AvgIpc) is 3.20. The number of hydrogen-bond acceptors (Lipinski definition) is 7. The van der Waals surface area contributed by atoms with Gasteiger partial charge in [0.05, 0.1) is 17.1 Å². The molecule has 0 radical (unpaired) electrons. The molecular weight excluding hydrogens is 398 g/mol. The molecule has 0 fully saturated rings. The SMILES string of the molecule is Cc1nc(-c2ccccn2)sc1C(=O)OCc1ccc(OCc2ccccn2)cc1. The van der Waals surface area contributed by atoms with Crippen molar-refractivity contribution in [2.45, 2.75) is 20.1 Å². The van der Waals surface area contributed by atoms with Gasteiger partial charge in [-0.1, -0.05) is 24.3 Å². The minimum atomic E-state index is -0.386. The Kier molecular flexibility index (Phi) is 6.10. The Morgan fingerprint density at radius 2 is 1.70 bits per heavy atom. The van der Waals surface area contributed by atoms with Crippen LogP contribution in [0.5, 0.6) is 5.75 Å². The van der Waals surface area contributed by atoms with Crippen molar-refractivity contribution in [3.05, 3.63) is 94.9 Å². The minimum Gasteiger partial charge on any atom is -0.487 e. The van der Waals surface area contributed by atoms with Crippen molar-refractivity contribution in [1.29, 1.82) is 0 Å². The van der Waals surface area contributed by atoms with Crippen LogP contribution in [0.4, 0.5) is 0 Å². The molecule has 4 rings (SSSR count). The fourth-order valence-electron chi connectivity index (χ4n) is 2.72. The van der Waals surface area contributed by atoms with Crippen molar-refractivity contribution in [3.8, 4) is 16.5 Å². The molecule has 0 N–H and O–H groups in total. The minimum absolute atomic E-state index is 0.176. The maximum absolute atomic E-state index is 12.5. The lowest BCUT2D eigenvalue weighted by Crippen LogP contribution is -2.05. The summed E-state index contributed by atoms with van der Waals surface area (Å²) in [7, 11) is 0. The quantitative estimate of drug-likeness (QED) is 0.401. The van der Waals surface area contributed by atoms with Gasteiger partial charge in [-0.25, -0.2) is 9.78 Å². The first-order valence-corrected chi connectivity index (χ1v) is 10.2. The van der Waals surface area contributed by atoms with E-state index in [9.17, 15) is 4.79 Å². The predicted molar refractivity (Wildman–Crippen MR) is 114 cm³/mol. The van der Waals surface area contributed by atoms with Gasteiger partial charge in [0.15, 0.2) is 0 Å². The van der Waals surface area contributed by atoms with Crippen LogP contribution < -0.4 is 4.74 Å². The first-order chi connectivity index (χ1) is 14.7. The Labute approximate surface area is 178 Å². The number of carbonyl (C=O) groups excluding carboxylic acids is 1. The summed E-state index contributed by atoms with van der Waals surface area (Å²) in [6, 6.07) is 18.8. The Hall–Kier alpha value is -3.58. The summed E-state index contributed by atoms with van der Waals surface area (Å²) in [5.74, 6) is 0.344. The number of aromatic nitrogens is 3. The third kappa shape index (κ3) is 4.87. The summed E-state index contributed by atoms with van der Waals surface area (Å²) in [5, 5.41) is 0.703. The number of aryl methyl sites for hydroxylation is 1. The molecule has 0 saturated carbocycles. The van der Waals surface area contributed by atoms with Gasteiger partial charge in [-0.2, -0.15) is 0 Å². The van der Waals surface area contributed by atoms with E-state index in [0.29, 0.717) is 22.2 Å². The van der Waals surface area contributed by atoms with E-state index in [1.165, 1.54) is 11.3 Å². The molecule has 150 valence electrons. The second kappa shape index (κ2) is 9.28. The number of rotatable bonds is 7. The lowest BCUT2D eigenvalue weighted by atomic mass is 10.2. The Balaban J connectivity index is 1.33. The number of thiazole rings is 1. The van der Waals surface area contributed by atoms with E-state index in [-0.39, 0.29) is 12.6 Å². The largest absolute Gasteiger partial charge is 0.487 e. The standard InChI is InChI=1S/C23H19N3O3S/c1-16-21(30-22(26-16)20-7-3-5-13-25-20)23(27)29-14-17-8-10-19(11-9-17)28-15-18-6-2-4-12-24-18/h2-13H,14-15H2,1H3. The van der Waals surface area contributed by atoms with Gasteiger partial charge < -0.3 is 9.47 Å². The summed E-state index contributed by atoms with van der Waals surface area (Å²) in [6.45, 7) is 2.38. The van der Waals surface area contributed by atoms with Crippen molar-refractivity contribution < 1.29 is 14.3 Å². The second-order valence-electron chi connectivity index (χ2n) is 6.48. The molecule has 0 atom stereocenters. The summed E-state index contributed by atoms with van der Waals surface area (Å²) in [5.41, 5.74) is 3.12. The van der Waals surface area contributed by atoms with Crippen LogP contribution in [0.3, 0.4) is 0 Å². The van der Waals surface area contributed by atoms with Gasteiger partial charge in [0.25, 0.3) is 0 Å². The van der Waals surface area contributed by atoms with Crippen LogP contribution in [0.2, 0.25) is 0 Å². The summed E-state index contributed by atoms with van der Waals surface area (Å²) >= 11 is 1.29. The fraction of sp³-hybridized carbons (Fsp3) is 0.130. The molecule has 0 aliphatic rings. The van der Waals surface area contributed by atoms with Crippen molar-refractivity contribution in [2.75, 3.05) is 0 Å². The Bertz CT molecular complexity index is 1110. The van der Waals surface area contributed by atoms with E-state index < -0.39 is 0 Å². The fourth-order valence-corrected chi connectivity index (χ4v) is 3.66. The first kappa shape index (κ1) is 19.7. The molecule has 0 unspecified atom stereocenters. The van der Waals surface area contributed by atoms with Crippen molar-refractivity contribution in [3.63, 3.8) is 0 Å². The van der Waals surface area contributed by atoms with Gasteiger partial charge in [0.2, 0.25) is 0 Å². The topological polar surface area (TPSA) is 74.2 Å². The van der Waals surface area contributed by atoms with Crippen LogP contribution >= 0.6 is 11.3 Å². The van der Waals surface area contributed by atoms with Gasteiger partial charge in [0.1, 0.15) is 28.8 Å². The summed E-state index contributed by atoms with van der Waals surface area (Å²) < 4.78 is 11.2. The Morgan fingerprint density at radius 1 is 0.933 bits per heavy atom. The highest BCUT2D eigenvalue weighted by atomic mass is 32.1. The third-order valence-corrected chi connectivity index (χ3v) is 5.43. The summed E-state index contributed by atoms with van der Waals surface area (Å²) in [6.07, 6.45) is 3.44. The van der Waals surface area contributed by atoms with Gasteiger partial charge >= 0.3 is 5.97 Å². The van der Waals surface area contributed by atoms with E-state index >= 15 is 0 Å². The zero-order valence-corrected chi connectivity index (χ0v) is 17.1. The van der Waals surface area contributed by atoms with E-state index in [4.69, 9.17) is 9.47 Å². The number of esters is 1. The maximum Gasteiger partial charge on any atom is 0.350 e. The third-order valence-electron chi connectivity index (χ3n) is 4.27. The molecule has 0 bridgehead atoms. The molecule has 6 nitrogen and oxygen atoms in total. The average molecular weight is 417 g/mol. The Morgan fingerprint density at radius 3 is 2.40 bits per heavy atom. The molecule has 0 aliphatic heterocycles. The molecular formula is C23H19N3O3S. The van der Waals surface area contributed by atoms with Gasteiger partial charge in [-0.3, -0.25) is 9.97 Å². The predicted octanol–water partition coefficient (Wildman–Crippen LogP) is 4.84. The van der Waals surface area contributed by atoms with Crippen LogP contribution in [0.1, 0.15) is 26.6 Å². The van der Waals surface area contributed by atoms with Crippen molar-refractivity contribution in [2.24, 2.45) is 0 Å². The zero-order valence-electron chi connectivity index (χ0n) is 16.3. The lowest BCUT2D eigenvalue weighted by Gasteiger charge is -2.07. The molecule has 1 aromatic carbocycles. The van der Waals surface area contributed by atoms with E-state index in [2.05, 4.69) is 15.0 Å².